The van der Waals surface area contributed by atoms with Gasteiger partial charge in [0.25, 0.3) is 0 Å². The van der Waals surface area contributed by atoms with Crippen molar-refractivity contribution in [3.63, 3.8) is 0 Å². The molecule has 1 aliphatic rings. The minimum atomic E-state index is 0.902. The number of rotatable bonds is 2. The maximum atomic E-state index is 4.44. The third-order valence-corrected chi connectivity index (χ3v) is 4.77. The lowest BCUT2D eigenvalue weighted by molar-refractivity contribution is 0.713. The average molecular weight is 366 g/mol. The molecule has 0 bridgehead atoms. The Labute approximate surface area is 144 Å². The number of aromatic nitrogens is 2. The summed E-state index contributed by atoms with van der Waals surface area (Å²) < 4.78 is 1.07. The fraction of sp³-hybridized carbons (Fsp3) is 0.158. The van der Waals surface area contributed by atoms with Crippen LogP contribution in [0, 0.1) is 0 Å². The maximum absolute atomic E-state index is 4.44. The molecule has 0 saturated carbocycles. The molecule has 2 heterocycles. The number of anilines is 1. The largest absolute Gasteiger partial charge is 0.350 e. The van der Waals surface area contributed by atoms with Crippen LogP contribution < -0.4 is 4.90 Å². The summed E-state index contributed by atoms with van der Waals surface area (Å²) in [7, 11) is 0. The molecule has 0 aliphatic carbocycles. The predicted molar refractivity (Wildman–Crippen MR) is 96.4 cm³/mol. The highest BCUT2D eigenvalue weighted by Gasteiger charge is 2.17. The van der Waals surface area contributed by atoms with Crippen molar-refractivity contribution in [3.05, 3.63) is 76.3 Å². The number of hydrogen-bond acceptors (Lipinski definition) is 3. The Balaban J connectivity index is 1.56. The van der Waals surface area contributed by atoms with Crippen molar-refractivity contribution in [3.8, 4) is 11.3 Å². The van der Waals surface area contributed by atoms with E-state index in [2.05, 4.69) is 61.4 Å². The summed E-state index contributed by atoms with van der Waals surface area (Å²) in [6.45, 7) is 1.89. The quantitative estimate of drug-likeness (QED) is 0.670. The van der Waals surface area contributed by atoms with Gasteiger partial charge in [-0.15, -0.1) is 10.2 Å². The Morgan fingerprint density at radius 1 is 0.826 bits per heavy atom. The molecule has 23 heavy (non-hydrogen) atoms. The van der Waals surface area contributed by atoms with E-state index in [0.29, 0.717) is 0 Å². The number of hydrogen-bond donors (Lipinski definition) is 0. The van der Waals surface area contributed by atoms with Crippen LogP contribution in [0.4, 0.5) is 5.82 Å². The molecule has 4 rings (SSSR count). The van der Waals surface area contributed by atoms with Gasteiger partial charge < -0.3 is 4.90 Å². The Hall–Kier alpha value is -2.20. The first-order valence-electron chi connectivity index (χ1n) is 7.71. The molecule has 0 fully saturated rings. The Morgan fingerprint density at radius 2 is 1.61 bits per heavy atom. The molecular weight excluding hydrogens is 350 g/mol. The lowest BCUT2D eigenvalue weighted by atomic mass is 10.00. The second-order valence-electron chi connectivity index (χ2n) is 5.72. The lowest BCUT2D eigenvalue weighted by Gasteiger charge is -2.29. The number of halogens is 1. The summed E-state index contributed by atoms with van der Waals surface area (Å²) in [6.07, 6.45) is 1.06. The minimum absolute atomic E-state index is 0.902. The van der Waals surface area contributed by atoms with E-state index >= 15 is 0 Å². The molecule has 0 radical (unpaired) electrons. The van der Waals surface area contributed by atoms with Gasteiger partial charge in [-0.05, 0) is 41.8 Å². The summed E-state index contributed by atoms with van der Waals surface area (Å²) in [5.74, 6) is 0.945. The second kappa shape index (κ2) is 6.13. The molecule has 0 atom stereocenters. The SMILES string of the molecule is Brc1ccc(-c2ccc(N3CCc4ccccc4C3)nn2)cc1. The molecule has 1 aromatic heterocycles. The van der Waals surface area contributed by atoms with Gasteiger partial charge in [0.1, 0.15) is 0 Å². The monoisotopic (exact) mass is 365 g/mol. The molecule has 2 aromatic carbocycles. The summed E-state index contributed by atoms with van der Waals surface area (Å²) in [5, 5.41) is 8.84. The van der Waals surface area contributed by atoms with Gasteiger partial charge in [0.2, 0.25) is 0 Å². The van der Waals surface area contributed by atoms with E-state index < -0.39 is 0 Å². The van der Waals surface area contributed by atoms with Crippen LogP contribution in [0.15, 0.2) is 65.1 Å². The van der Waals surface area contributed by atoms with Gasteiger partial charge in [-0.1, -0.05) is 52.3 Å². The van der Waals surface area contributed by atoms with E-state index in [4.69, 9.17) is 0 Å². The van der Waals surface area contributed by atoms with Crippen molar-refractivity contribution in [2.24, 2.45) is 0 Å². The van der Waals surface area contributed by atoms with Crippen LogP contribution in [-0.2, 0) is 13.0 Å². The molecule has 1 aliphatic heterocycles. The first-order valence-corrected chi connectivity index (χ1v) is 8.50. The third kappa shape index (κ3) is 2.99. The van der Waals surface area contributed by atoms with Crippen molar-refractivity contribution in [2.45, 2.75) is 13.0 Å². The van der Waals surface area contributed by atoms with Gasteiger partial charge in [-0.3, -0.25) is 0 Å². The highest BCUT2D eigenvalue weighted by Crippen LogP contribution is 2.24. The van der Waals surface area contributed by atoms with E-state index in [1.165, 1.54) is 11.1 Å². The van der Waals surface area contributed by atoms with Gasteiger partial charge in [0.15, 0.2) is 5.82 Å². The summed E-state index contributed by atoms with van der Waals surface area (Å²) in [4.78, 5) is 2.29. The predicted octanol–water partition coefficient (Wildman–Crippen LogP) is 4.47. The second-order valence-corrected chi connectivity index (χ2v) is 6.64. The molecule has 0 unspecified atom stereocenters. The molecule has 3 nitrogen and oxygen atoms in total. The van der Waals surface area contributed by atoms with Gasteiger partial charge in [0.05, 0.1) is 5.69 Å². The lowest BCUT2D eigenvalue weighted by Crippen LogP contribution is -2.31. The highest BCUT2D eigenvalue weighted by atomic mass is 79.9. The van der Waals surface area contributed by atoms with Crippen LogP contribution >= 0.6 is 15.9 Å². The van der Waals surface area contributed by atoms with Gasteiger partial charge in [-0.2, -0.15) is 0 Å². The number of benzene rings is 2. The minimum Gasteiger partial charge on any atom is -0.350 e. The highest BCUT2D eigenvalue weighted by molar-refractivity contribution is 9.10. The fourth-order valence-corrected chi connectivity index (χ4v) is 3.22. The van der Waals surface area contributed by atoms with Crippen molar-refractivity contribution in [2.75, 3.05) is 11.4 Å². The first kappa shape index (κ1) is 14.4. The molecule has 4 heteroatoms. The van der Waals surface area contributed by atoms with Gasteiger partial charge in [0, 0.05) is 23.1 Å². The molecule has 3 aromatic rings. The number of fused-ring (bicyclic) bond motifs is 1. The molecule has 0 amide bonds. The van der Waals surface area contributed by atoms with Crippen LogP contribution in [0.2, 0.25) is 0 Å². The van der Waals surface area contributed by atoms with E-state index in [9.17, 15) is 0 Å². The van der Waals surface area contributed by atoms with E-state index in [-0.39, 0.29) is 0 Å². The van der Waals surface area contributed by atoms with Crippen LogP contribution in [-0.4, -0.2) is 16.7 Å². The third-order valence-electron chi connectivity index (χ3n) is 4.25. The summed E-state index contributed by atoms with van der Waals surface area (Å²) in [6, 6.07) is 20.9. The average Bonchev–Trinajstić information content (AvgIpc) is 2.62. The number of nitrogens with zero attached hydrogens (tertiary/aromatic N) is 3. The zero-order chi connectivity index (χ0) is 15.6. The van der Waals surface area contributed by atoms with Crippen molar-refractivity contribution in [1.29, 1.82) is 0 Å². The van der Waals surface area contributed by atoms with Gasteiger partial charge in [-0.25, -0.2) is 0 Å². The van der Waals surface area contributed by atoms with Crippen molar-refractivity contribution < 1.29 is 0 Å². The Kier molecular flexibility index (Phi) is 3.83. The van der Waals surface area contributed by atoms with E-state index in [1.807, 2.05) is 30.3 Å². The fourth-order valence-electron chi connectivity index (χ4n) is 2.96. The maximum Gasteiger partial charge on any atom is 0.151 e. The summed E-state index contributed by atoms with van der Waals surface area (Å²) in [5.41, 5.74) is 4.82. The Morgan fingerprint density at radius 3 is 2.35 bits per heavy atom. The first-order chi connectivity index (χ1) is 11.3. The zero-order valence-corrected chi connectivity index (χ0v) is 14.2. The van der Waals surface area contributed by atoms with Crippen molar-refractivity contribution >= 4 is 21.7 Å². The van der Waals surface area contributed by atoms with Crippen molar-refractivity contribution in [1.82, 2.24) is 10.2 Å². The van der Waals surface area contributed by atoms with E-state index in [0.717, 1.165) is 41.1 Å². The van der Waals surface area contributed by atoms with Crippen LogP contribution in [0.3, 0.4) is 0 Å². The van der Waals surface area contributed by atoms with Gasteiger partial charge >= 0.3 is 0 Å². The van der Waals surface area contributed by atoms with Crippen LogP contribution in [0.5, 0.6) is 0 Å². The molecule has 0 saturated heterocycles. The molecule has 114 valence electrons. The standard InChI is InChI=1S/C19H16BrN3/c20-17-7-5-15(6-8-17)18-9-10-19(22-21-18)23-12-11-14-3-1-2-4-16(14)13-23/h1-10H,11-13H2. The summed E-state index contributed by atoms with van der Waals surface area (Å²) >= 11 is 3.45. The van der Waals surface area contributed by atoms with E-state index in [1.54, 1.807) is 0 Å². The smallest absolute Gasteiger partial charge is 0.151 e. The Bertz CT molecular complexity index is 813. The topological polar surface area (TPSA) is 29.0 Å². The van der Waals surface area contributed by atoms with Crippen LogP contribution in [0.1, 0.15) is 11.1 Å². The molecular formula is C19H16BrN3. The van der Waals surface area contributed by atoms with Crippen LogP contribution in [0.25, 0.3) is 11.3 Å². The molecule has 0 spiro atoms. The normalized spacial score (nSPS) is 13.7. The molecule has 0 N–H and O–H groups in total. The zero-order valence-electron chi connectivity index (χ0n) is 12.6.